The summed E-state index contributed by atoms with van der Waals surface area (Å²) in [6, 6.07) is 9.94. The summed E-state index contributed by atoms with van der Waals surface area (Å²) in [5.41, 5.74) is 1.11. The van der Waals surface area contributed by atoms with E-state index >= 15 is 0 Å². The largest absolute Gasteiger partial charge is 0.394 e. The Kier molecular flexibility index (Phi) is 7.63. The molecular weight excluding hydrogens is 216 g/mol. The van der Waals surface area contributed by atoms with Gasteiger partial charge in [0.2, 0.25) is 0 Å². The van der Waals surface area contributed by atoms with Crippen LogP contribution in [0.1, 0.15) is 25.3 Å². The Hall–Kier alpha value is -0.900. The maximum absolute atomic E-state index is 9.16. The van der Waals surface area contributed by atoms with E-state index in [1.54, 1.807) is 0 Å². The fourth-order valence-corrected chi connectivity index (χ4v) is 1.40. The van der Waals surface area contributed by atoms with Crippen molar-refractivity contribution in [1.82, 2.24) is 0 Å². The Morgan fingerprint density at radius 3 is 2.65 bits per heavy atom. The molecule has 0 bridgehead atoms. The smallest absolute Gasteiger partial charge is 0.104 e. The van der Waals surface area contributed by atoms with E-state index in [9.17, 15) is 0 Å². The Morgan fingerprint density at radius 1 is 1.24 bits per heavy atom. The molecule has 1 aromatic carbocycles. The molecule has 0 heterocycles. The van der Waals surface area contributed by atoms with E-state index in [-0.39, 0.29) is 12.7 Å². The summed E-state index contributed by atoms with van der Waals surface area (Å²) in [6.07, 6.45) is 1.94. The van der Waals surface area contributed by atoms with Crippen LogP contribution in [-0.2, 0) is 16.1 Å². The second-order valence-corrected chi connectivity index (χ2v) is 4.03. The standard InChI is InChI=1S/C14H22O3/c1-2-3-9-16-12-14(10-15)17-11-13-7-5-4-6-8-13/h4-8,14-15H,2-3,9-12H2,1H3/t14-/m0/s1. The second-order valence-electron chi connectivity index (χ2n) is 4.03. The van der Waals surface area contributed by atoms with Crippen LogP contribution in [0.3, 0.4) is 0 Å². The molecule has 0 aliphatic rings. The Balaban J connectivity index is 2.18. The first-order valence-corrected chi connectivity index (χ1v) is 6.21. The number of unbranched alkanes of at least 4 members (excludes halogenated alkanes) is 1. The molecule has 0 saturated carbocycles. The monoisotopic (exact) mass is 238 g/mol. The van der Waals surface area contributed by atoms with E-state index in [0.717, 1.165) is 25.0 Å². The van der Waals surface area contributed by atoms with Crippen LogP contribution in [-0.4, -0.2) is 31.0 Å². The molecule has 0 unspecified atom stereocenters. The van der Waals surface area contributed by atoms with Crippen LogP contribution in [0.4, 0.5) is 0 Å². The maximum Gasteiger partial charge on any atom is 0.104 e. The van der Waals surface area contributed by atoms with Gasteiger partial charge in [-0.3, -0.25) is 0 Å². The molecule has 0 saturated heterocycles. The highest BCUT2D eigenvalue weighted by Crippen LogP contribution is 2.04. The summed E-state index contributed by atoms with van der Waals surface area (Å²) >= 11 is 0. The Bertz CT molecular complexity index is 274. The topological polar surface area (TPSA) is 38.7 Å². The van der Waals surface area contributed by atoms with Crippen LogP contribution in [0.15, 0.2) is 30.3 Å². The van der Waals surface area contributed by atoms with E-state index in [1.165, 1.54) is 0 Å². The van der Waals surface area contributed by atoms with Crippen LogP contribution in [0, 0.1) is 0 Å². The number of hydrogen-bond donors (Lipinski definition) is 1. The van der Waals surface area contributed by atoms with Crippen molar-refractivity contribution >= 4 is 0 Å². The number of benzene rings is 1. The van der Waals surface area contributed by atoms with Gasteiger partial charge in [0.15, 0.2) is 0 Å². The summed E-state index contributed by atoms with van der Waals surface area (Å²) in [6.45, 7) is 3.84. The van der Waals surface area contributed by atoms with Crippen LogP contribution in [0.25, 0.3) is 0 Å². The van der Waals surface area contributed by atoms with Crippen molar-refractivity contribution in [1.29, 1.82) is 0 Å². The van der Waals surface area contributed by atoms with Crippen LogP contribution in [0.5, 0.6) is 0 Å². The first-order chi connectivity index (χ1) is 8.36. The third-order valence-corrected chi connectivity index (χ3v) is 2.48. The third-order valence-electron chi connectivity index (χ3n) is 2.48. The zero-order valence-electron chi connectivity index (χ0n) is 10.5. The molecule has 0 spiro atoms. The fourth-order valence-electron chi connectivity index (χ4n) is 1.40. The molecule has 1 rings (SSSR count). The predicted octanol–water partition coefficient (Wildman–Crippen LogP) is 2.38. The molecule has 0 aliphatic carbocycles. The maximum atomic E-state index is 9.16. The van der Waals surface area contributed by atoms with Gasteiger partial charge >= 0.3 is 0 Å². The van der Waals surface area contributed by atoms with Gasteiger partial charge in [0.25, 0.3) is 0 Å². The van der Waals surface area contributed by atoms with Crippen LogP contribution < -0.4 is 0 Å². The SMILES string of the molecule is CCCCOC[C@H](CO)OCc1ccccc1. The summed E-state index contributed by atoms with van der Waals surface area (Å²) in [5, 5.41) is 9.16. The number of hydrogen-bond acceptors (Lipinski definition) is 3. The number of rotatable bonds is 9. The summed E-state index contributed by atoms with van der Waals surface area (Å²) in [4.78, 5) is 0. The lowest BCUT2D eigenvalue weighted by atomic mass is 10.2. The Labute approximate surface area is 103 Å². The van der Waals surface area contributed by atoms with E-state index < -0.39 is 0 Å². The van der Waals surface area contributed by atoms with Crippen molar-refractivity contribution < 1.29 is 14.6 Å². The quantitative estimate of drug-likeness (QED) is 0.671. The molecular formula is C14H22O3. The van der Waals surface area contributed by atoms with Crippen molar-refractivity contribution in [3.63, 3.8) is 0 Å². The van der Waals surface area contributed by atoms with Crippen molar-refractivity contribution in [2.75, 3.05) is 19.8 Å². The molecule has 0 fully saturated rings. The van der Waals surface area contributed by atoms with Gasteiger partial charge in [0, 0.05) is 6.61 Å². The molecule has 0 radical (unpaired) electrons. The zero-order chi connectivity index (χ0) is 12.3. The second kappa shape index (κ2) is 9.16. The van der Waals surface area contributed by atoms with Gasteiger partial charge in [-0.25, -0.2) is 0 Å². The molecule has 1 aromatic rings. The third kappa shape index (κ3) is 6.41. The van der Waals surface area contributed by atoms with Gasteiger partial charge in [-0.15, -0.1) is 0 Å². The molecule has 1 atom stereocenters. The molecule has 0 aromatic heterocycles. The first kappa shape index (κ1) is 14.2. The molecule has 0 aliphatic heterocycles. The van der Waals surface area contributed by atoms with Gasteiger partial charge in [-0.1, -0.05) is 43.7 Å². The van der Waals surface area contributed by atoms with Gasteiger partial charge < -0.3 is 14.6 Å². The van der Waals surface area contributed by atoms with Crippen LogP contribution >= 0.6 is 0 Å². The van der Waals surface area contributed by atoms with E-state index in [2.05, 4.69) is 6.92 Å². The average Bonchev–Trinajstić information content (AvgIpc) is 2.39. The number of ether oxygens (including phenoxy) is 2. The number of aliphatic hydroxyl groups excluding tert-OH is 1. The predicted molar refractivity (Wildman–Crippen MR) is 67.8 cm³/mol. The summed E-state index contributed by atoms with van der Waals surface area (Å²) < 4.78 is 11.0. The minimum Gasteiger partial charge on any atom is -0.394 e. The van der Waals surface area contributed by atoms with Crippen molar-refractivity contribution in [2.45, 2.75) is 32.5 Å². The number of aliphatic hydroxyl groups is 1. The van der Waals surface area contributed by atoms with Gasteiger partial charge in [0.05, 0.1) is 19.8 Å². The Morgan fingerprint density at radius 2 is 2.00 bits per heavy atom. The van der Waals surface area contributed by atoms with Crippen molar-refractivity contribution in [3.8, 4) is 0 Å². The van der Waals surface area contributed by atoms with Crippen molar-refractivity contribution in [3.05, 3.63) is 35.9 Å². The van der Waals surface area contributed by atoms with Gasteiger partial charge in [-0.05, 0) is 12.0 Å². The van der Waals surface area contributed by atoms with Crippen molar-refractivity contribution in [2.24, 2.45) is 0 Å². The molecule has 96 valence electrons. The molecule has 17 heavy (non-hydrogen) atoms. The fraction of sp³-hybridized carbons (Fsp3) is 0.571. The average molecular weight is 238 g/mol. The lowest BCUT2D eigenvalue weighted by molar-refractivity contribution is -0.0501. The lowest BCUT2D eigenvalue weighted by Gasteiger charge is -2.15. The minimum absolute atomic E-state index is 0.00103. The van der Waals surface area contributed by atoms with E-state index in [4.69, 9.17) is 14.6 Å². The zero-order valence-corrected chi connectivity index (χ0v) is 10.5. The minimum atomic E-state index is -0.230. The van der Waals surface area contributed by atoms with Crippen LogP contribution in [0.2, 0.25) is 0 Å². The van der Waals surface area contributed by atoms with E-state index in [0.29, 0.717) is 13.2 Å². The molecule has 1 N–H and O–H groups in total. The highest BCUT2D eigenvalue weighted by molar-refractivity contribution is 5.13. The first-order valence-electron chi connectivity index (χ1n) is 6.21. The highest BCUT2D eigenvalue weighted by Gasteiger charge is 2.07. The van der Waals surface area contributed by atoms with E-state index in [1.807, 2.05) is 30.3 Å². The van der Waals surface area contributed by atoms with Gasteiger partial charge in [-0.2, -0.15) is 0 Å². The highest BCUT2D eigenvalue weighted by atomic mass is 16.5. The van der Waals surface area contributed by atoms with Gasteiger partial charge in [0.1, 0.15) is 6.10 Å². The molecule has 3 heteroatoms. The molecule has 0 amide bonds. The summed E-state index contributed by atoms with van der Waals surface area (Å²) in [7, 11) is 0. The normalized spacial score (nSPS) is 12.6. The summed E-state index contributed by atoms with van der Waals surface area (Å²) in [5.74, 6) is 0. The lowest BCUT2D eigenvalue weighted by Crippen LogP contribution is -2.24. The molecule has 3 nitrogen and oxygen atoms in total.